The number of rotatable bonds is 7. The van der Waals surface area contributed by atoms with E-state index < -0.39 is 0 Å². The van der Waals surface area contributed by atoms with Crippen LogP contribution in [0.1, 0.15) is 27.6 Å². The first kappa shape index (κ1) is 22.3. The minimum absolute atomic E-state index is 0.0829. The number of Topliss-reactive ketones (excluding diaryl/α,β-unsaturated/α-hetero) is 1. The van der Waals surface area contributed by atoms with E-state index in [2.05, 4.69) is 5.32 Å². The fraction of sp³-hybridized carbons (Fsp3) is 0.348. The summed E-state index contributed by atoms with van der Waals surface area (Å²) in [6.07, 6.45) is 0. The van der Waals surface area contributed by atoms with Crippen molar-refractivity contribution in [3.05, 3.63) is 53.6 Å². The maximum Gasteiger partial charge on any atom is 0.254 e. The Morgan fingerprint density at radius 2 is 1.61 bits per heavy atom. The van der Waals surface area contributed by atoms with Crippen molar-refractivity contribution in [2.75, 3.05) is 52.3 Å². The molecule has 1 aliphatic heterocycles. The molecule has 0 radical (unpaired) electrons. The topological polar surface area (TPSA) is 88.2 Å². The molecule has 31 heavy (non-hydrogen) atoms. The van der Waals surface area contributed by atoms with Gasteiger partial charge in [-0.15, -0.1) is 0 Å². The maximum atomic E-state index is 12.8. The Bertz CT molecular complexity index is 967. The fourth-order valence-electron chi connectivity index (χ4n) is 3.55. The van der Waals surface area contributed by atoms with Crippen molar-refractivity contribution in [3.8, 4) is 11.5 Å². The van der Waals surface area contributed by atoms with Gasteiger partial charge in [0.05, 0.1) is 26.5 Å². The third kappa shape index (κ3) is 5.40. The number of piperazine rings is 1. The number of ether oxygens (including phenoxy) is 2. The summed E-state index contributed by atoms with van der Waals surface area (Å²) in [6.45, 7) is 3.88. The van der Waals surface area contributed by atoms with E-state index in [1.807, 2.05) is 4.90 Å². The van der Waals surface area contributed by atoms with Gasteiger partial charge in [0.25, 0.3) is 5.91 Å². The number of benzene rings is 2. The van der Waals surface area contributed by atoms with Gasteiger partial charge in [-0.1, -0.05) is 12.1 Å². The lowest BCUT2D eigenvalue weighted by atomic mass is 10.1. The number of methoxy groups -OCH3 is 2. The van der Waals surface area contributed by atoms with Gasteiger partial charge in [-0.2, -0.15) is 0 Å². The summed E-state index contributed by atoms with van der Waals surface area (Å²) in [5, 5.41) is 2.81. The Labute approximate surface area is 181 Å². The van der Waals surface area contributed by atoms with Crippen LogP contribution in [0.5, 0.6) is 11.5 Å². The van der Waals surface area contributed by atoms with Crippen molar-refractivity contribution < 1.29 is 23.9 Å². The van der Waals surface area contributed by atoms with Gasteiger partial charge in [-0.3, -0.25) is 19.3 Å². The van der Waals surface area contributed by atoms with E-state index in [4.69, 9.17) is 9.47 Å². The quantitative estimate of drug-likeness (QED) is 0.685. The monoisotopic (exact) mass is 425 g/mol. The molecule has 1 aliphatic rings. The number of hydrogen-bond acceptors (Lipinski definition) is 6. The highest BCUT2D eigenvalue weighted by molar-refractivity contribution is 6.04. The molecule has 8 heteroatoms. The van der Waals surface area contributed by atoms with Gasteiger partial charge in [0, 0.05) is 37.3 Å². The van der Waals surface area contributed by atoms with Crippen LogP contribution in [0, 0.1) is 0 Å². The molecule has 0 atom stereocenters. The van der Waals surface area contributed by atoms with E-state index in [0.29, 0.717) is 54.5 Å². The molecule has 2 aromatic carbocycles. The predicted octanol–water partition coefficient (Wildman–Crippen LogP) is 2.30. The summed E-state index contributed by atoms with van der Waals surface area (Å²) in [5.41, 5.74) is 1.54. The van der Waals surface area contributed by atoms with Gasteiger partial charge < -0.3 is 19.7 Å². The molecule has 3 rings (SSSR count). The zero-order valence-electron chi connectivity index (χ0n) is 18.0. The molecule has 1 saturated heterocycles. The van der Waals surface area contributed by atoms with E-state index in [1.54, 1.807) is 54.5 Å². The summed E-state index contributed by atoms with van der Waals surface area (Å²) in [6, 6.07) is 12.1. The molecule has 164 valence electrons. The Balaban J connectivity index is 1.54. The smallest absolute Gasteiger partial charge is 0.254 e. The van der Waals surface area contributed by atoms with E-state index >= 15 is 0 Å². The number of anilines is 1. The molecule has 2 amide bonds. The Morgan fingerprint density at radius 3 is 2.26 bits per heavy atom. The van der Waals surface area contributed by atoms with Crippen LogP contribution in [-0.2, 0) is 4.79 Å². The summed E-state index contributed by atoms with van der Waals surface area (Å²) >= 11 is 0. The molecule has 0 aliphatic carbocycles. The number of nitrogens with one attached hydrogen (secondary N) is 1. The molecule has 0 unspecified atom stereocenters. The third-order valence-corrected chi connectivity index (χ3v) is 5.24. The number of para-hydroxylation sites is 1. The second-order valence-corrected chi connectivity index (χ2v) is 7.29. The minimum Gasteiger partial charge on any atom is -0.493 e. The first-order chi connectivity index (χ1) is 14.9. The lowest BCUT2D eigenvalue weighted by molar-refractivity contribution is -0.117. The summed E-state index contributed by atoms with van der Waals surface area (Å²) < 4.78 is 10.5. The summed E-state index contributed by atoms with van der Waals surface area (Å²) in [7, 11) is 3.08. The fourth-order valence-corrected chi connectivity index (χ4v) is 3.55. The maximum absolute atomic E-state index is 12.8. The number of nitrogens with zero attached hydrogens (tertiary/aromatic N) is 2. The van der Waals surface area contributed by atoms with Crippen LogP contribution in [-0.4, -0.2) is 74.3 Å². The molecular formula is C23H27N3O5. The van der Waals surface area contributed by atoms with Crippen molar-refractivity contribution in [2.45, 2.75) is 6.92 Å². The van der Waals surface area contributed by atoms with Crippen molar-refractivity contribution in [2.24, 2.45) is 0 Å². The van der Waals surface area contributed by atoms with Crippen LogP contribution in [0.4, 0.5) is 5.69 Å². The van der Waals surface area contributed by atoms with Crippen LogP contribution in [0.25, 0.3) is 0 Å². The molecule has 8 nitrogen and oxygen atoms in total. The van der Waals surface area contributed by atoms with Gasteiger partial charge in [0.2, 0.25) is 5.91 Å². The van der Waals surface area contributed by atoms with E-state index in [0.717, 1.165) is 0 Å². The first-order valence-electron chi connectivity index (χ1n) is 10.1. The van der Waals surface area contributed by atoms with Crippen LogP contribution < -0.4 is 14.8 Å². The summed E-state index contributed by atoms with van der Waals surface area (Å²) in [5.74, 6) is 0.711. The molecule has 1 heterocycles. The zero-order valence-corrected chi connectivity index (χ0v) is 18.0. The highest BCUT2D eigenvalue weighted by Crippen LogP contribution is 2.28. The average Bonchev–Trinajstić information content (AvgIpc) is 2.78. The lowest BCUT2D eigenvalue weighted by Gasteiger charge is -2.34. The molecule has 0 saturated carbocycles. The number of carbonyl (C=O) groups excluding carboxylic acids is 3. The SMILES string of the molecule is COc1ccc(C(=O)N2CCN(CC(=O)Nc3ccccc3C(C)=O)CC2)cc1OC. The molecule has 0 spiro atoms. The Morgan fingerprint density at radius 1 is 0.935 bits per heavy atom. The van der Waals surface area contributed by atoms with E-state index in [1.165, 1.54) is 14.0 Å². The zero-order chi connectivity index (χ0) is 22.4. The molecule has 1 fully saturated rings. The second-order valence-electron chi connectivity index (χ2n) is 7.29. The van der Waals surface area contributed by atoms with Gasteiger partial charge in [-0.25, -0.2) is 0 Å². The molecule has 1 N–H and O–H groups in total. The minimum atomic E-state index is -0.187. The van der Waals surface area contributed by atoms with Gasteiger partial charge in [-0.05, 0) is 37.3 Å². The molecule has 0 aromatic heterocycles. The van der Waals surface area contributed by atoms with Crippen molar-refractivity contribution >= 4 is 23.3 Å². The second kappa shape index (κ2) is 10.1. The Hall–Kier alpha value is -3.39. The Kier molecular flexibility index (Phi) is 7.25. The normalized spacial score (nSPS) is 14.1. The first-order valence-corrected chi connectivity index (χ1v) is 10.1. The van der Waals surface area contributed by atoms with Gasteiger partial charge in [0.1, 0.15) is 0 Å². The lowest BCUT2D eigenvalue weighted by Crippen LogP contribution is -2.50. The van der Waals surface area contributed by atoms with Crippen molar-refractivity contribution in [3.63, 3.8) is 0 Å². The van der Waals surface area contributed by atoms with Crippen molar-refractivity contribution in [1.82, 2.24) is 9.80 Å². The van der Waals surface area contributed by atoms with Crippen molar-refractivity contribution in [1.29, 1.82) is 0 Å². The van der Waals surface area contributed by atoms with E-state index in [9.17, 15) is 14.4 Å². The van der Waals surface area contributed by atoms with Gasteiger partial charge >= 0.3 is 0 Å². The standard InChI is InChI=1S/C23H27N3O5/c1-16(27)18-6-4-5-7-19(18)24-22(28)15-25-10-12-26(13-11-25)23(29)17-8-9-20(30-2)21(14-17)31-3/h4-9,14H,10-13,15H2,1-3H3,(H,24,28). The number of carbonyl (C=O) groups is 3. The molecule has 0 bridgehead atoms. The third-order valence-electron chi connectivity index (χ3n) is 5.24. The summed E-state index contributed by atoms with van der Waals surface area (Å²) in [4.78, 5) is 40.8. The van der Waals surface area contributed by atoms with Crippen LogP contribution in [0.3, 0.4) is 0 Å². The number of hydrogen-bond donors (Lipinski definition) is 1. The highest BCUT2D eigenvalue weighted by atomic mass is 16.5. The van der Waals surface area contributed by atoms with Crippen LogP contribution in [0.15, 0.2) is 42.5 Å². The molecule has 2 aromatic rings. The highest BCUT2D eigenvalue weighted by Gasteiger charge is 2.24. The number of ketones is 1. The van der Waals surface area contributed by atoms with Crippen LogP contribution in [0.2, 0.25) is 0 Å². The predicted molar refractivity (Wildman–Crippen MR) is 117 cm³/mol. The average molecular weight is 425 g/mol. The van der Waals surface area contributed by atoms with Gasteiger partial charge in [0.15, 0.2) is 17.3 Å². The van der Waals surface area contributed by atoms with E-state index in [-0.39, 0.29) is 24.1 Å². The van der Waals surface area contributed by atoms with Crippen LogP contribution >= 0.6 is 0 Å². The molecular weight excluding hydrogens is 398 g/mol. The number of amides is 2. The largest absolute Gasteiger partial charge is 0.493 e.